The van der Waals surface area contributed by atoms with E-state index in [-0.39, 0.29) is 23.7 Å². The van der Waals surface area contributed by atoms with Gasteiger partial charge in [-0.15, -0.1) is 0 Å². The van der Waals surface area contributed by atoms with Gasteiger partial charge in [0.15, 0.2) is 0 Å². The van der Waals surface area contributed by atoms with E-state index in [0.29, 0.717) is 5.56 Å². The fraction of sp³-hybridized carbons (Fsp3) is 0.294. The first kappa shape index (κ1) is 16.7. The van der Waals surface area contributed by atoms with Crippen LogP contribution in [0.25, 0.3) is 0 Å². The summed E-state index contributed by atoms with van der Waals surface area (Å²) in [6.45, 7) is 3.46. The number of carbonyl (C=O) groups excluding carboxylic acids is 2. The summed E-state index contributed by atoms with van der Waals surface area (Å²) in [6, 6.07) is 6.58. The molecular formula is C17H19FN2O3. The number of amides is 2. The van der Waals surface area contributed by atoms with Gasteiger partial charge in [0.2, 0.25) is 5.91 Å². The third kappa shape index (κ3) is 3.97. The van der Waals surface area contributed by atoms with Gasteiger partial charge in [-0.25, -0.2) is 4.39 Å². The van der Waals surface area contributed by atoms with Crippen molar-refractivity contribution in [2.75, 3.05) is 7.05 Å². The molecule has 1 heterocycles. The predicted octanol–water partition coefficient (Wildman–Crippen LogP) is 2.76. The summed E-state index contributed by atoms with van der Waals surface area (Å²) in [5.74, 6) is -0.934. The number of hydrogen-bond acceptors (Lipinski definition) is 3. The summed E-state index contributed by atoms with van der Waals surface area (Å²) in [5.41, 5.74) is 1.18. The Bertz CT molecular complexity index is 668. The van der Waals surface area contributed by atoms with Crippen LogP contribution in [-0.4, -0.2) is 29.8 Å². The zero-order valence-corrected chi connectivity index (χ0v) is 13.2. The highest BCUT2D eigenvalue weighted by atomic mass is 19.1. The van der Waals surface area contributed by atoms with Crippen LogP contribution >= 0.6 is 0 Å². The molecule has 0 fully saturated rings. The van der Waals surface area contributed by atoms with E-state index in [4.69, 9.17) is 4.42 Å². The Balaban J connectivity index is 2.00. The summed E-state index contributed by atoms with van der Waals surface area (Å²) in [7, 11) is 1.65. The number of nitrogens with one attached hydrogen (secondary N) is 1. The number of nitrogens with zero attached hydrogens (tertiary/aromatic N) is 1. The maximum atomic E-state index is 13.0. The van der Waals surface area contributed by atoms with Crippen LogP contribution in [0.3, 0.4) is 0 Å². The maximum absolute atomic E-state index is 13.0. The minimum absolute atomic E-state index is 0.237. The van der Waals surface area contributed by atoms with E-state index in [1.807, 2.05) is 6.92 Å². The summed E-state index contributed by atoms with van der Waals surface area (Å²) >= 11 is 0. The lowest BCUT2D eigenvalue weighted by Crippen LogP contribution is -2.46. The number of hydrogen-bond donors (Lipinski definition) is 1. The van der Waals surface area contributed by atoms with Crippen LogP contribution in [0.2, 0.25) is 0 Å². The first-order valence-corrected chi connectivity index (χ1v) is 7.25. The lowest BCUT2D eigenvalue weighted by atomic mass is 10.1. The molecular weight excluding hydrogens is 299 g/mol. The van der Waals surface area contributed by atoms with Crippen LogP contribution in [0.5, 0.6) is 0 Å². The predicted molar refractivity (Wildman–Crippen MR) is 83.2 cm³/mol. The van der Waals surface area contributed by atoms with Gasteiger partial charge in [-0.05, 0) is 37.6 Å². The molecule has 6 heteroatoms. The van der Waals surface area contributed by atoms with E-state index in [1.165, 1.54) is 35.6 Å². The van der Waals surface area contributed by atoms with Crippen LogP contribution in [0, 0.1) is 5.82 Å². The fourth-order valence-electron chi connectivity index (χ4n) is 2.20. The molecule has 0 aliphatic carbocycles. The molecule has 2 amide bonds. The van der Waals surface area contributed by atoms with Gasteiger partial charge in [0.25, 0.3) is 5.91 Å². The standard InChI is InChI=1S/C17H19FN2O3/c1-11(19-16(21)14-8-9-23-10-14)17(22)20(3)12(2)13-4-6-15(18)7-5-13/h4-12H,1-3H3,(H,19,21). The molecule has 0 radical (unpaired) electrons. The van der Waals surface area contributed by atoms with Gasteiger partial charge < -0.3 is 14.6 Å². The molecule has 5 nitrogen and oxygen atoms in total. The number of carbonyl (C=O) groups is 2. The van der Waals surface area contributed by atoms with Gasteiger partial charge in [0.05, 0.1) is 17.9 Å². The van der Waals surface area contributed by atoms with Crippen LogP contribution in [-0.2, 0) is 4.79 Å². The van der Waals surface area contributed by atoms with E-state index in [9.17, 15) is 14.0 Å². The van der Waals surface area contributed by atoms with Crippen molar-refractivity contribution in [1.29, 1.82) is 0 Å². The van der Waals surface area contributed by atoms with Gasteiger partial charge in [-0.2, -0.15) is 0 Å². The molecule has 1 N–H and O–H groups in total. The van der Waals surface area contributed by atoms with Crippen molar-refractivity contribution in [1.82, 2.24) is 10.2 Å². The highest BCUT2D eigenvalue weighted by Crippen LogP contribution is 2.19. The Hall–Kier alpha value is -2.63. The van der Waals surface area contributed by atoms with Crippen molar-refractivity contribution in [2.45, 2.75) is 25.9 Å². The number of halogens is 1. The average molecular weight is 318 g/mol. The zero-order chi connectivity index (χ0) is 17.0. The Morgan fingerprint density at radius 2 is 1.83 bits per heavy atom. The largest absolute Gasteiger partial charge is 0.472 e. The van der Waals surface area contributed by atoms with Crippen molar-refractivity contribution in [2.24, 2.45) is 0 Å². The Kier molecular flexibility index (Phi) is 5.16. The summed E-state index contributed by atoms with van der Waals surface area (Å²) in [4.78, 5) is 25.9. The van der Waals surface area contributed by atoms with E-state index in [1.54, 1.807) is 26.1 Å². The molecule has 0 spiro atoms. The van der Waals surface area contributed by atoms with Gasteiger partial charge >= 0.3 is 0 Å². The maximum Gasteiger partial charge on any atom is 0.255 e. The van der Waals surface area contributed by atoms with Crippen molar-refractivity contribution >= 4 is 11.8 Å². The van der Waals surface area contributed by atoms with Crippen molar-refractivity contribution in [3.8, 4) is 0 Å². The second-order valence-corrected chi connectivity index (χ2v) is 5.38. The van der Waals surface area contributed by atoms with Gasteiger partial charge in [-0.3, -0.25) is 9.59 Å². The van der Waals surface area contributed by atoms with Crippen molar-refractivity contribution < 1.29 is 18.4 Å². The molecule has 1 aromatic heterocycles. The third-order valence-electron chi connectivity index (χ3n) is 3.78. The SMILES string of the molecule is CC(NC(=O)c1ccoc1)C(=O)N(C)C(C)c1ccc(F)cc1. The molecule has 0 bridgehead atoms. The fourth-order valence-corrected chi connectivity index (χ4v) is 2.20. The summed E-state index contributed by atoms with van der Waals surface area (Å²) < 4.78 is 17.8. The second-order valence-electron chi connectivity index (χ2n) is 5.38. The monoisotopic (exact) mass is 318 g/mol. The van der Waals surface area contributed by atoms with E-state index >= 15 is 0 Å². The zero-order valence-electron chi connectivity index (χ0n) is 13.2. The third-order valence-corrected chi connectivity index (χ3v) is 3.78. The normalized spacial score (nSPS) is 13.2. The van der Waals surface area contributed by atoms with Crippen LogP contribution < -0.4 is 5.32 Å². The topological polar surface area (TPSA) is 62.6 Å². The lowest BCUT2D eigenvalue weighted by molar-refractivity contribution is -0.133. The van der Waals surface area contributed by atoms with Gasteiger partial charge in [0.1, 0.15) is 18.1 Å². The minimum atomic E-state index is -0.690. The van der Waals surface area contributed by atoms with Crippen LogP contribution in [0.4, 0.5) is 4.39 Å². The molecule has 2 rings (SSSR count). The van der Waals surface area contributed by atoms with Crippen molar-refractivity contribution in [3.63, 3.8) is 0 Å². The molecule has 2 unspecified atom stereocenters. The van der Waals surface area contributed by atoms with Crippen molar-refractivity contribution in [3.05, 3.63) is 59.8 Å². The highest BCUT2D eigenvalue weighted by molar-refractivity contribution is 5.97. The second kappa shape index (κ2) is 7.09. The molecule has 23 heavy (non-hydrogen) atoms. The lowest BCUT2D eigenvalue weighted by Gasteiger charge is -2.28. The minimum Gasteiger partial charge on any atom is -0.472 e. The van der Waals surface area contributed by atoms with Gasteiger partial charge in [0, 0.05) is 7.05 Å². The highest BCUT2D eigenvalue weighted by Gasteiger charge is 2.24. The number of furan rings is 1. The quantitative estimate of drug-likeness (QED) is 0.922. The number of benzene rings is 1. The summed E-state index contributed by atoms with van der Waals surface area (Å²) in [6.07, 6.45) is 2.71. The molecule has 1 aromatic carbocycles. The van der Waals surface area contributed by atoms with Crippen LogP contribution in [0.15, 0.2) is 47.3 Å². The molecule has 0 saturated carbocycles. The van der Waals surface area contributed by atoms with E-state index < -0.39 is 6.04 Å². The summed E-state index contributed by atoms with van der Waals surface area (Å²) in [5, 5.41) is 2.63. The smallest absolute Gasteiger partial charge is 0.255 e. The molecule has 0 aliphatic heterocycles. The number of likely N-dealkylation sites (N-methyl/N-ethyl adjacent to an activating group) is 1. The Labute approximate surface area is 134 Å². The Morgan fingerprint density at radius 1 is 1.17 bits per heavy atom. The first-order valence-electron chi connectivity index (χ1n) is 7.25. The number of rotatable bonds is 5. The van der Waals surface area contributed by atoms with Gasteiger partial charge in [-0.1, -0.05) is 12.1 Å². The Morgan fingerprint density at radius 3 is 2.39 bits per heavy atom. The molecule has 2 atom stereocenters. The molecule has 2 aromatic rings. The van der Waals surface area contributed by atoms with Crippen LogP contribution in [0.1, 0.15) is 35.8 Å². The first-order chi connectivity index (χ1) is 10.9. The molecule has 0 saturated heterocycles. The van der Waals surface area contributed by atoms with E-state index in [2.05, 4.69) is 5.32 Å². The molecule has 0 aliphatic rings. The average Bonchev–Trinajstić information content (AvgIpc) is 3.08. The molecule has 122 valence electrons. The van der Waals surface area contributed by atoms with E-state index in [0.717, 1.165) is 5.56 Å².